The summed E-state index contributed by atoms with van der Waals surface area (Å²) in [7, 11) is 0. The third-order valence-corrected chi connectivity index (χ3v) is 8.20. The van der Waals surface area contributed by atoms with Crippen LogP contribution in [0.5, 0.6) is 11.5 Å². The molecule has 1 heterocycles. The molecule has 0 aromatic heterocycles. The van der Waals surface area contributed by atoms with Crippen LogP contribution < -0.4 is 9.47 Å². The Bertz CT molecular complexity index is 797. The van der Waals surface area contributed by atoms with E-state index in [0.29, 0.717) is 43.0 Å². The van der Waals surface area contributed by atoms with Crippen LogP contribution in [0.15, 0.2) is 18.2 Å². The van der Waals surface area contributed by atoms with Gasteiger partial charge in [0.25, 0.3) is 0 Å². The van der Waals surface area contributed by atoms with Crippen molar-refractivity contribution in [2.45, 2.75) is 91.9 Å². The monoisotopic (exact) mass is 562 g/mol. The van der Waals surface area contributed by atoms with E-state index in [-0.39, 0.29) is 12.6 Å². The minimum atomic E-state index is -0.304. The van der Waals surface area contributed by atoms with Crippen molar-refractivity contribution < 1.29 is 24.1 Å². The predicted octanol–water partition coefficient (Wildman–Crippen LogP) is 6.42. The van der Waals surface area contributed by atoms with Gasteiger partial charge >= 0.3 is 5.97 Å². The van der Waals surface area contributed by atoms with Crippen molar-refractivity contribution in [3.63, 3.8) is 0 Å². The van der Waals surface area contributed by atoms with Crippen molar-refractivity contribution in [3.05, 3.63) is 23.8 Å². The zero-order valence-corrected chi connectivity index (χ0v) is 26.0. The Morgan fingerprint density at radius 1 is 0.800 bits per heavy atom. The van der Waals surface area contributed by atoms with Crippen LogP contribution in [0.2, 0.25) is 0 Å². The molecule has 2 rings (SSSR count). The molecule has 1 aromatic carbocycles. The van der Waals surface area contributed by atoms with Crippen molar-refractivity contribution in [3.8, 4) is 11.5 Å². The summed E-state index contributed by atoms with van der Waals surface area (Å²) >= 11 is 0. The van der Waals surface area contributed by atoms with Gasteiger partial charge in [0, 0.05) is 32.7 Å². The van der Waals surface area contributed by atoms with E-state index in [1.165, 1.54) is 32.1 Å². The fraction of sp³-hybridized carbons (Fsp3) is 0.788. The first-order chi connectivity index (χ1) is 19.5. The number of aliphatic hydroxyl groups is 1. The summed E-state index contributed by atoms with van der Waals surface area (Å²) < 4.78 is 18.2. The van der Waals surface area contributed by atoms with Gasteiger partial charge in [0.2, 0.25) is 0 Å². The molecular formula is C33H58N2O5. The van der Waals surface area contributed by atoms with E-state index in [9.17, 15) is 4.79 Å². The summed E-state index contributed by atoms with van der Waals surface area (Å²) in [4.78, 5) is 17.6. The summed E-state index contributed by atoms with van der Waals surface area (Å²) in [5.74, 6) is 2.08. The minimum Gasteiger partial charge on any atom is -0.489 e. The number of unbranched alkanes of at least 4 members (excludes halogenated alkanes) is 3. The van der Waals surface area contributed by atoms with Gasteiger partial charge in [-0.3, -0.25) is 4.90 Å². The third kappa shape index (κ3) is 13.2. The second-order valence-corrected chi connectivity index (χ2v) is 11.4. The highest BCUT2D eigenvalue weighted by Gasteiger charge is 2.18. The van der Waals surface area contributed by atoms with E-state index in [0.717, 1.165) is 77.1 Å². The van der Waals surface area contributed by atoms with Gasteiger partial charge in [-0.1, -0.05) is 66.2 Å². The first-order valence-electron chi connectivity index (χ1n) is 16.2. The zero-order chi connectivity index (χ0) is 29.0. The van der Waals surface area contributed by atoms with Gasteiger partial charge in [0.05, 0.1) is 32.0 Å². The third-order valence-electron chi connectivity index (χ3n) is 8.20. The topological polar surface area (TPSA) is 71.5 Å². The Morgan fingerprint density at radius 2 is 1.38 bits per heavy atom. The summed E-state index contributed by atoms with van der Waals surface area (Å²) in [6, 6.07) is 5.49. The molecule has 1 saturated heterocycles. The number of nitrogens with zero attached hydrogens (tertiary/aromatic N) is 2. The van der Waals surface area contributed by atoms with Crippen molar-refractivity contribution in [1.29, 1.82) is 0 Å². The van der Waals surface area contributed by atoms with Crippen LogP contribution in [-0.4, -0.2) is 86.6 Å². The van der Waals surface area contributed by atoms with E-state index in [1.807, 2.05) is 12.1 Å². The van der Waals surface area contributed by atoms with Crippen LogP contribution in [0.1, 0.15) is 102 Å². The molecule has 0 bridgehead atoms. The lowest BCUT2D eigenvalue weighted by molar-refractivity contribution is 0.0490. The highest BCUT2D eigenvalue weighted by atomic mass is 16.5. The van der Waals surface area contributed by atoms with Gasteiger partial charge in [0.15, 0.2) is 11.5 Å². The van der Waals surface area contributed by atoms with Crippen molar-refractivity contribution in [1.82, 2.24) is 9.80 Å². The van der Waals surface area contributed by atoms with E-state index < -0.39 is 0 Å². The van der Waals surface area contributed by atoms with Crippen molar-refractivity contribution in [2.24, 2.45) is 11.8 Å². The Balaban J connectivity index is 1.89. The number of carbonyl (C=O) groups is 1. The number of benzene rings is 1. The van der Waals surface area contributed by atoms with Gasteiger partial charge in [-0.15, -0.1) is 0 Å². The molecule has 1 fully saturated rings. The van der Waals surface area contributed by atoms with Crippen LogP contribution in [0.4, 0.5) is 0 Å². The molecule has 1 aromatic rings. The Kier molecular flexibility index (Phi) is 18.0. The van der Waals surface area contributed by atoms with Gasteiger partial charge in [-0.2, -0.15) is 0 Å². The number of carbonyl (C=O) groups excluding carboxylic acids is 1. The highest BCUT2D eigenvalue weighted by molar-refractivity contribution is 5.90. The molecule has 7 nitrogen and oxygen atoms in total. The standard InChI is InChI=1S/C33H58N2O5/c1-5-9-13-28(7-3)26-39-31-16-15-30(25-32(31)40-27-29(8-4)14-10-6-2)33(37)38-24-12-11-17-34-18-20-35(21-19-34)22-23-36/h15-16,25,28-29,36H,5-14,17-24,26-27H2,1-4H3. The van der Waals surface area contributed by atoms with Gasteiger partial charge in [-0.05, 0) is 62.3 Å². The first-order valence-corrected chi connectivity index (χ1v) is 16.2. The lowest BCUT2D eigenvalue weighted by Crippen LogP contribution is -2.47. The summed E-state index contributed by atoms with van der Waals surface area (Å²) in [5, 5.41) is 9.10. The number of aliphatic hydroxyl groups excluding tert-OH is 1. The zero-order valence-electron chi connectivity index (χ0n) is 26.0. The molecule has 0 radical (unpaired) electrons. The largest absolute Gasteiger partial charge is 0.489 e. The fourth-order valence-corrected chi connectivity index (χ4v) is 5.14. The number of ether oxygens (including phenoxy) is 3. The normalized spacial score (nSPS) is 16.0. The highest BCUT2D eigenvalue weighted by Crippen LogP contribution is 2.31. The van der Waals surface area contributed by atoms with Gasteiger partial charge < -0.3 is 24.2 Å². The number of piperazine rings is 1. The lowest BCUT2D eigenvalue weighted by atomic mass is 10.0. The van der Waals surface area contributed by atoms with Gasteiger partial charge in [-0.25, -0.2) is 4.79 Å². The Labute approximate surface area is 244 Å². The SMILES string of the molecule is CCCCC(CC)COc1ccc(C(=O)OCCCCN2CCN(CCO)CC2)cc1OCC(CC)CCCC. The quantitative estimate of drug-likeness (QED) is 0.129. The maximum absolute atomic E-state index is 12.9. The average Bonchev–Trinajstić information content (AvgIpc) is 2.98. The van der Waals surface area contributed by atoms with E-state index in [2.05, 4.69) is 37.5 Å². The molecule has 2 atom stereocenters. The maximum Gasteiger partial charge on any atom is 0.338 e. The molecule has 230 valence electrons. The number of hydrogen-bond acceptors (Lipinski definition) is 7. The predicted molar refractivity (Wildman–Crippen MR) is 164 cm³/mol. The molecule has 7 heteroatoms. The Hall–Kier alpha value is -1.83. The molecule has 1 aliphatic rings. The second-order valence-electron chi connectivity index (χ2n) is 11.4. The van der Waals surface area contributed by atoms with Crippen LogP contribution >= 0.6 is 0 Å². The van der Waals surface area contributed by atoms with Gasteiger partial charge in [0.1, 0.15) is 0 Å². The molecule has 40 heavy (non-hydrogen) atoms. The van der Waals surface area contributed by atoms with Crippen molar-refractivity contribution in [2.75, 3.05) is 65.7 Å². The number of esters is 1. The van der Waals surface area contributed by atoms with Crippen LogP contribution in [0.25, 0.3) is 0 Å². The molecule has 1 aliphatic heterocycles. The minimum absolute atomic E-state index is 0.228. The first kappa shape index (κ1) is 34.4. The molecule has 1 N–H and O–H groups in total. The molecule has 0 amide bonds. The average molecular weight is 563 g/mol. The van der Waals surface area contributed by atoms with Crippen LogP contribution in [0, 0.1) is 11.8 Å². The molecule has 0 aliphatic carbocycles. The van der Waals surface area contributed by atoms with Crippen molar-refractivity contribution >= 4 is 5.97 Å². The van der Waals surface area contributed by atoms with Crippen LogP contribution in [0.3, 0.4) is 0 Å². The van der Waals surface area contributed by atoms with E-state index >= 15 is 0 Å². The molecule has 2 unspecified atom stereocenters. The number of hydrogen-bond donors (Lipinski definition) is 1. The number of β-amino-alcohol motifs (C(OH)–C–C–N with tert-alkyl or cyclic N) is 1. The van der Waals surface area contributed by atoms with E-state index in [1.54, 1.807) is 6.07 Å². The summed E-state index contributed by atoms with van der Waals surface area (Å²) in [5.41, 5.74) is 0.516. The summed E-state index contributed by atoms with van der Waals surface area (Å²) in [6.45, 7) is 16.7. The Morgan fingerprint density at radius 3 is 1.93 bits per heavy atom. The number of rotatable bonds is 22. The van der Waals surface area contributed by atoms with E-state index in [4.69, 9.17) is 19.3 Å². The molecular weight excluding hydrogens is 504 g/mol. The molecule has 0 saturated carbocycles. The second kappa shape index (κ2) is 21.0. The van der Waals surface area contributed by atoms with Crippen LogP contribution in [-0.2, 0) is 4.74 Å². The molecule has 0 spiro atoms. The smallest absolute Gasteiger partial charge is 0.338 e. The fourth-order valence-electron chi connectivity index (χ4n) is 5.14. The maximum atomic E-state index is 12.9. The summed E-state index contributed by atoms with van der Waals surface area (Å²) in [6.07, 6.45) is 11.1. The lowest BCUT2D eigenvalue weighted by Gasteiger charge is -2.34.